The Morgan fingerprint density at radius 2 is 1.76 bits per heavy atom. The molecule has 0 aliphatic carbocycles. The van der Waals surface area contributed by atoms with E-state index in [-0.39, 0.29) is 11.5 Å². The Balaban J connectivity index is 1.45. The fourth-order valence-corrected chi connectivity index (χ4v) is 5.02. The number of carbonyl (C=O) groups excluding carboxylic acids is 1. The Morgan fingerprint density at radius 3 is 2.52 bits per heavy atom. The molecule has 33 heavy (non-hydrogen) atoms. The van der Waals surface area contributed by atoms with E-state index in [2.05, 4.69) is 16.8 Å². The molecule has 1 amide bonds. The zero-order valence-electron chi connectivity index (χ0n) is 19.0. The first-order valence-corrected chi connectivity index (χ1v) is 11.5. The van der Waals surface area contributed by atoms with Crippen molar-refractivity contribution in [2.75, 3.05) is 31.1 Å². The lowest BCUT2D eigenvalue weighted by atomic mass is 10.1. The largest absolute Gasteiger partial charge is 0.368 e. The predicted octanol–water partition coefficient (Wildman–Crippen LogP) is 3.83. The summed E-state index contributed by atoms with van der Waals surface area (Å²) in [7, 11) is 0. The van der Waals surface area contributed by atoms with Crippen molar-refractivity contribution in [3.8, 4) is 0 Å². The smallest absolute Gasteiger partial charge is 0.273 e. The average molecular weight is 464 g/mol. The zero-order chi connectivity index (χ0) is 23.3. The van der Waals surface area contributed by atoms with Crippen molar-refractivity contribution in [2.45, 2.75) is 26.8 Å². The van der Waals surface area contributed by atoms with E-state index in [1.165, 1.54) is 11.6 Å². The van der Waals surface area contributed by atoms with Crippen LogP contribution in [0.25, 0.3) is 16.6 Å². The van der Waals surface area contributed by atoms with Crippen LogP contribution in [-0.4, -0.2) is 51.2 Å². The van der Waals surface area contributed by atoms with Gasteiger partial charge in [0.1, 0.15) is 6.04 Å². The second-order valence-corrected chi connectivity index (χ2v) is 9.09. The van der Waals surface area contributed by atoms with E-state index in [4.69, 9.17) is 11.6 Å². The van der Waals surface area contributed by atoms with Gasteiger partial charge >= 0.3 is 0 Å². The number of carbonyl (C=O) groups is 1. The van der Waals surface area contributed by atoms with Gasteiger partial charge in [-0.15, -0.1) is 0 Å². The van der Waals surface area contributed by atoms with Crippen LogP contribution < -0.4 is 10.5 Å². The minimum absolute atomic E-state index is 0.0539. The summed E-state index contributed by atoms with van der Waals surface area (Å²) in [6, 6.07) is 14.7. The van der Waals surface area contributed by atoms with E-state index in [1.54, 1.807) is 0 Å². The van der Waals surface area contributed by atoms with Gasteiger partial charge in [0.2, 0.25) is 5.91 Å². The van der Waals surface area contributed by atoms with Crippen LogP contribution in [0.3, 0.4) is 0 Å². The van der Waals surface area contributed by atoms with Gasteiger partial charge in [0.25, 0.3) is 5.56 Å². The number of anilines is 1. The van der Waals surface area contributed by atoms with Gasteiger partial charge in [0.05, 0.1) is 5.52 Å². The molecule has 1 aliphatic rings. The molecular formula is C25H26ClN5O2. The van der Waals surface area contributed by atoms with Crippen molar-refractivity contribution >= 4 is 39.7 Å². The highest BCUT2D eigenvalue weighted by atomic mass is 35.5. The topological polar surface area (TPSA) is 62.9 Å². The van der Waals surface area contributed by atoms with Gasteiger partial charge in [0, 0.05) is 54.0 Å². The maximum atomic E-state index is 13.6. The molecule has 1 aliphatic heterocycles. The molecule has 1 fully saturated rings. The standard InChI is InChI=1S/C25H26ClN5O2/c1-16-8-9-19(26)15-22(16)28-10-12-29(13-11-28)25(33)18(3)31-21-7-5-4-6-20(21)24-27-23(32)14-17(2)30(24)31/h4-9,14-15,18H,10-13H2,1-3H3. The van der Waals surface area contributed by atoms with Gasteiger partial charge in [0.15, 0.2) is 5.65 Å². The number of fused-ring (bicyclic) bond motifs is 3. The summed E-state index contributed by atoms with van der Waals surface area (Å²) in [4.78, 5) is 34.1. The number of rotatable bonds is 3. The minimum Gasteiger partial charge on any atom is -0.368 e. The van der Waals surface area contributed by atoms with Gasteiger partial charge in [-0.3, -0.25) is 14.3 Å². The van der Waals surface area contributed by atoms with Crippen molar-refractivity contribution in [3.05, 3.63) is 75.2 Å². The number of amides is 1. The summed E-state index contributed by atoms with van der Waals surface area (Å²) in [6.07, 6.45) is 0. The van der Waals surface area contributed by atoms with E-state index in [9.17, 15) is 9.59 Å². The predicted molar refractivity (Wildman–Crippen MR) is 131 cm³/mol. The number of hydrogen-bond donors (Lipinski definition) is 0. The second-order valence-electron chi connectivity index (χ2n) is 8.65. The third-order valence-corrected chi connectivity index (χ3v) is 6.75. The highest BCUT2D eigenvalue weighted by molar-refractivity contribution is 6.30. The molecule has 3 heterocycles. The maximum absolute atomic E-state index is 13.6. The summed E-state index contributed by atoms with van der Waals surface area (Å²) in [6.45, 7) is 8.64. The number of benzene rings is 2. The number of piperazine rings is 1. The van der Waals surface area contributed by atoms with E-state index in [0.717, 1.165) is 40.4 Å². The van der Waals surface area contributed by atoms with Crippen LogP contribution >= 0.6 is 11.6 Å². The summed E-state index contributed by atoms with van der Waals surface area (Å²) in [5.41, 5.74) is 4.24. The fraction of sp³-hybridized carbons (Fsp3) is 0.320. The number of aryl methyl sites for hydroxylation is 2. The van der Waals surface area contributed by atoms with Crippen LogP contribution in [0.4, 0.5) is 5.69 Å². The summed E-state index contributed by atoms with van der Waals surface area (Å²) in [5.74, 6) is 0.0539. The van der Waals surface area contributed by atoms with Crippen molar-refractivity contribution in [1.29, 1.82) is 0 Å². The molecule has 0 radical (unpaired) electrons. The molecule has 0 N–H and O–H groups in total. The first-order valence-electron chi connectivity index (χ1n) is 11.1. The molecule has 170 valence electrons. The quantitative estimate of drug-likeness (QED) is 0.463. The fourth-order valence-electron chi connectivity index (χ4n) is 4.85. The molecule has 2 aromatic carbocycles. The lowest BCUT2D eigenvalue weighted by Crippen LogP contribution is -2.50. The van der Waals surface area contributed by atoms with Crippen LogP contribution in [0.15, 0.2) is 53.3 Å². The van der Waals surface area contributed by atoms with Gasteiger partial charge in [-0.1, -0.05) is 29.8 Å². The Labute approximate surface area is 196 Å². The number of para-hydroxylation sites is 1. The van der Waals surface area contributed by atoms with Crippen molar-refractivity contribution in [2.24, 2.45) is 0 Å². The van der Waals surface area contributed by atoms with E-state index < -0.39 is 6.04 Å². The van der Waals surface area contributed by atoms with Crippen molar-refractivity contribution in [3.63, 3.8) is 0 Å². The monoisotopic (exact) mass is 463 g/mol. The van der Waals surface area contributed by atoms with E-state index in [0.29, 0.717) is 18.7 Å². The summed E-state index contributed by atoms with van der Waals surface area (Å²) >= 11 is 6.21. The normalized spacial score (nSPS) is 15.4. The molecule has 4 aromatic rings. The summed E-state index contributed by atoms with van der Waals surface area (Å²) < 4.78 is 3.85. The van der Waals surface area contributed by atoms with E-state index >= 15 is 0 Å². The maximum Gasteiger partial charge on any atom is 0.273 e. The molecule has 8 heteroatoms. The molecule has 5 rings (SSSR count). The zero-order valence-corrected chi connectivity index (χ0v) is 19.7. The Morgan fingerprint density at radius 1 is 1.03 bits per heavy atom. The number of halogens is 1. The first kappa shape index (κ1) is 21.5. The van der Waals surface area contributed by atoms with Crippen molar-refractivity contribution < 1.29 is 4.79 Å². The van der Waals surface area contributed by atoms with Crippen LogP contribution in [0.2, 0.25) is 5.02 Å². The lowest BCUT2D eigenvalue weighted by Gasteiger charge is -2.38. The Bertz CT molecular complexity index is 1430. The van der Waals surface area contributed by atoms with Crippen molar-refractivity contribution in [1.82, 2.24) is 19.1 Å². The lowest BCUT2D eigenvalue weighted by molar-refractivity contribution is -0.134. The van der Waals surface area contributed by atoms with Crippen LogP contribution in [0.1, 0.15) is 24.2 Å². The molecule has 1 atom stereocenters. The molecular weight excluding hydrogens is 438 g/mol. The first-order chi connectivity index (χ1) is 15.8. The SMILES string of the molecule is Cc1ccc(Cl)cc1N1CCN(C(=O)C(C)n2c3ccccc3c3nc(=O)cc(C)n32)CC1. The minimum atomic E-state index is -0.449. The third-order valence-electron chi connectivity index (χ3n) is 6.52. The highest BCUT2D eigenvalue weighted by Gasteiger charge is 2.29. The van der Waals surface area contributed by atoms with Gasteiger partial charge in [-0.25, -0.2) is 4.52 Å². The molecule has 1 unspecified atom stereocenters. The Hall–Kier alpha value is -3.32. The van der Waals surface area contributed by atoms with Crippen LogP contribution in [0, 0.1) is 13.8 Å². The third kappa shape index (κ3) is 3.66. The van der Waals surface area contributed by atoms with Gasteiger partial charge in [-0.2, -0.15) is 4.98 Å². The molecule has 1 saturated heterocycles. The van der Waals surface area contributed by atoms with Gasteiger partial charge < -0.3 is 9.80 Å². The highest BCUT2D eigenvalue weighted by Crippen LogP contribution is 2.28. The van der Waals surface area contributed by atoms with E-state index in [1.807, 2.05) is 70.4 Å². The average Bonchev–Trinajstić information content (AvgIpc) is 3.14. The molecule has 0 saturated carbocycles. The van der Waals surface area contributed by atoms with Gasteiger partial charge in [-0.05, 0) is 50.6 Å². The van der Waals surface area contributed by atoms with Crippen LogP contribution in [-0.2, 0) is 4.79 Å². The number of aromatic nitrogens is 3. The molecule has 0 bridgehead atoms. The molecule has 7 nitrogen and oxygen atoms in total. The number of hydrogen-bond acceptors (Lipinski definition) is 4. The second kappa shape index (κ2) is 8.23. The summed E-state index contributed by atoms with van der Waals surface area (Å²) in [5, 5.41) is 1.58. The number of nitrogens with zero attached hydrogens (tertiary/aromatic N) is 5. The Kier molecular flexibility index (Phi) is 5.37. The molecule has 2 aromatic heterocycles. The van der Waals surface area contributed by atoms with Crippen LogP contribution in [0.5, 0.6) is 0 Å². The molecule has 0 spiro atoms.